The number of benzene rings is 1. The molecule has 0 heterocycles. The maximum Gasteiger partial charge on any atom is 0.142 e. The minimum atomic E-state index is -0.413. The van der Waals surface area contributed by atoms with Crippen molar-refractivity contribution in [2.24, 2.45) is 11.8 Å². The molecule has 4 heteroatoms. The largest absolute Gasteiger partial charge is 0.310 e. The molecular weight excluding hydrogens is 284 g/mol. The van der Waals surface area contributed by atoms with Crippen molar-refractivity contribution < 1.29 is 4.39 Å². The molecule has 1 aliphatic rings. The van der Waals surface area contributed by atoms with Crippen LogP contribution in [0.4, 0.5) is 4.39 Å². The van der Waals surface area contributed by atoms with Crippen LogP contribution in [0, 0.1) is 17.7 Å². The molecule has 1 aromatic carbocycles. The third-order valence-electron chi connectivity index (χ3n) is 4.23. The van der Waals surface area contributed by atoms with Gasteiger partial charge in [0.05, 0.1) is 5.02 Å². The fraction of sp³-hybridized carbons (Fsp3) is 0.600. The average Bonchev–Trinajstić information content (AvgIpc) is 2.76. The van der Waals surface area contributed by atoms with Crippen molar-refractivity contribution in [3.05, 3.63) is 33.6 Å². The van der Waals surface area contributed by atoms with E-state index in [0.29, 0.717) is 5.02 Å². The van der Waals surface area contributed by atoms with E-state index in [9.17, 15) is 4.39 Å². The van der Waals surface area contributed by atoms with E-state index >= 15 is 0 Å². The van der Waals surface area contributed by atoms with Gasteiger partial charge in [-0.2, -0.15) is 0 Å². The Morgan fingerprint density at radius 2 is 2.05 bits per heavy atom. The first-order valence-corrected chi connectivity index (χ1v) is 7.62. The van der Waals surface area contributed by atoms with E-state index in [-0.39, 0.29) is 11.1 Å². The Hall–Kier alpha value is -0.310. The Morgan fingerprint density at radius 1 is 1.32 bits per heavy atom. The molecule has 106 valence electrons. The summed E-state index contributed by atoms with van der Waals surface area (Å²) in [6, 6.07) is 2.94. The number of hydrogen-bond acceptors (Lipinski definition) is 1. The second-order valence-corrected chi connectivity index (χ2v) is 6.40. The molecule has 1 nitrogen and oxygen atoms in total. The first kappa shape index (κ1) is 15.1. The van der Waals surface area contributed by atoms with Gasteiger partial charge in [0, 0.05) is 11.1 Å². The van der Waals surface area contributed by atoms with E-state index in [4.69, 9.17) is 23.2 Å². The highest BCUT2D eigenvalue weighted by Gasteiger charge is 2.24. The van der Waals surface area contributed by atoms with Gasteiger partial charge >= 0.3 is 0 Å². The Bertz CT molecular complexity index is 450. The number of rotatable bonds is 4. The van der Waals surface area contributed by atoms with E-state index < -0.39 is 5.82 Å². The van der Waals surface area contributed by atoms with Gasteiger partial charge in [0.15, 0.2) is 0 Å². The third-order valence-corrected chi connectivity index (χ3v) is 4.85. The predicted molar refractivity (Wildman–Crippen MR) is 79.3 cm³/mol. The monoisotopic (exact) mass is 303 g/mol. The summed E-state index contributed by atoms with van der Waals surface area (Å²) in [5.41, 5.74) is 0.772. The van der Waals surface area contributed by atoms with Gasteiger partial charge in [-0.1, -0.05) is 43.0 Å². The lowest BCUT2D eigenvalue weighted by molar-refractivity contribution is 0.374. The number of nitrogens with one attached hydrogen (secondary N) is 1. The molecule has 0 spiro atoms. The standard InChI is InChI=1S/C15H20Cl2FN/c1-9-4-3-5-11(9)8-19-10(2)12-6-15(18)14(17)7-13(12)16/h6-7,9-11,19H,3-5,8H2,1-2H3. The molecule has 3 atom stereocenters. The van der Waals surface area contributed by atoms with Crippen LogP contribution in [-0.4, -0.2) is 6.54 Å². The molecule has 0 bridgehead atoms. The van der Waals surface area contributed by atoms with E-state index in [1.807, 2.05) is 6.92 Å². The molecule has 3 unspecified atom stereocenters. The van der Waals surface area contributed by atoms with Crippen LogP contribution in [0.2, 0.25) is 10.0 Å². The van der Waals surface area contributed by atoms with Crippen LogP contribution >= 0.6 is 23.2 Å². The SMILES string of the molecule is CC(NCC1CCCC1C)c1cc(F)c(Cl)cc1Cl. The van der Waals surface area contributed by atoms with E-state index in [0.717, 1.165) is 23.9 Å². The molecule has 1 fully saturated rings. The lowest BCUT2D eigenvalue weighted by Gasteiger charge is -2.21. The fourth-order valence-corrected chi connectivity index (χ4v) is 3.38. The van der Waals surface area contributed by atoms with Crippen LogP contribution in [0.1, 0.15) is 44.7 Å². The quantitative estimate of drug-likeness (QED) is 0.752. The summed E-state index contributed by atoms with van der Waals surface area (Å²) in [5.74, 6) is 1.08. The topological polar surface area (TPSA) is 12.0 Å². The van der Waals surface area contributed by atoms with Gasteiger partial charge in [0.1, 0.15) is 5.82 Å². The molecule has 0 saturated heterocycles. The smallest absolute Gasteiger partial charge is 0.142 e. The van der Waals surface area contributed by atoms with Crippen LogP contribution in [-0.2, 0) is 0 Å². The molecule has 1 aliphatic carbocycles. The summed E-state index contributed by atoms with van der Waals surface area (Å²) < 4.78 is 13.5. The summed E-state index contributed by atoms with van der Waals surface area (Å²) in [4.78, 5) is 0. The average molecular weight is 304 g/mol. The van der Waals surface area contributed by atoms with Gasteiger partial charge in [-0.05, 0) is 49.4 Å². The van der Waals surface area contributed by atoms with Crippen molar-refractivity contribution in [3.63, 3.8) is 0 Å². The van der Waals surface area contributed by atoms with Crippen LogP contribution in [0.5, 0.6) is 0 Å². The zero-order valence-electron chi connectivity index (χ0n) is 11.3. The maximum absolute atomic E-state index is 13.5. The number of hydrogen-bond donors (Lipinski definition) is 1. The van der Waals surface area contributed by atoms with Gasteiger partial charge < -0.3 is 5.32 Å². The number of halogens is 3. The van der Waals surface area contributed by atoms with Crippen molar-refractivity contribution in [2.45, 2.75) is 39.2 Å². The van der Waals surface area contributed by atoms with Crippen molar-refractivity contribution in [3.8, 4) is 0 Å². The van der Waals surface area contributed by atoms with Crippen molar-refractivity contribution in [1.82, 2.24) is 5.32 Å². The molecule has 0 aromatic heterocycles. The van der Waals surface area contributed by atoms with Crippen LogP contribution in [0.15, 0.2) is 12.1 Å². The minimum absolute atomic E-state index is 0.0343. The zero-order valence-corrected chi connectivity index (χ0v) is 12.9. The van der Waals surface area contributed by atoms with Gasteiger partial charge in [-0.25, -0.2) is 4.39 Å². The van der Waals surface area contributed by atoms with Crippen LogP contribution < -0.4 is 5.32 Å². The molecule has 1 N–H and O–H groups in total. The molecule has 1 aromatic rings. The van der Waals surface area contributed by atoms with E-state index in [1.54, 1.807) is 0 Å². The van der Waals surface area contributed by atoms with Crippen molar-refractivity contribution in [2.75, 3.05) is 6.54 Å². The van der Waals surface area contributed by atoms with Gasteiger partial charge in [-0.15, -0.1) is 0 Å². The maximum atomic E-state index is 13.5. The predicted octanol–water partition coefficient (Wildman–Crippen LogP) is 5.22. The van der Waals surface area contributed by atoms with Gasteiger partial charge in [-0.3, -0.25) is 0 Å². The molecule has 19 heavy (non-hydrogen) atoms. The highest BCUT2D eigenvalue weighted by Crippen LogP contribution is 2.32. The molecule has 0 amide bonds. The Balaban J connectivity index is 1.99. The lowest BCUT2D eigenvalue weighted by atomic mass is 9.97. The molecule has 1 saturated carbocycles. The Morgan fingerprint density at radius 3 is 2.68 bits per heavy atom. The second kappa shape index (κ2) is 6.43. The summed E-state index contributed by atoms with van der Waals surface area (Å²) in [7, 11) is 0. The normalized spacial score (nSPS) is 24.7. The van der Waals surface area contributed by atoms with Gasteiger partial charge in [0.25, 0.3) is 0 Å². The highest BCUT2D eigenvalue weighted by molar-refractivity contribution is 6.35. The second-order valence-electron chi connectivity index (χ2n) is 5.59. The Labute approximate surface area is 124 Å². The summed E-state index contributed by atoms with van der Waals surface area (Å²) in [5, 5.41) is 4.06. The molecule has 2 rings (SSSR count). The lowest BCUT2D eigenvalue weighted by Crippen LogP contribution is -2.27. The summed E-state index contributed by atoms with van der Waals surface area (Å²) in [6.07, 6.45) is 3.92. The third kappa shape index (κ3) is 3.62. The molecular formula is C15H20Cl2FN. The van der Waals surface area contributed by atoms with Crippen molar-refractivity contribution >= 4 is 23.2 Å². The first-order valence-electron chi connectivity index (χ1n) is 6.87. The van der Waals surface area contributed by atoms with E-state index in [1.165, 1.54) is 31.4 Å². The Kier molecular flexibility index (Phi) is 5.10. The molecule has 0 aliphatic heterocycles. The van der Waals surface area contributed by atoms with Crippen LogP contribution in [0.3, 0.4) is 0 Å². The van der Waals surface area contributed by atoms with E-state index in [2.05, 4.69) is 12.2 Å². The minimum Gasteiger partial charge on any atom is -0.310 e. The van der Waals surface area contributed by atoms with Crippen LogP contribution in [0.25, 0.3) is 0 Å². The summed E-state index contributed by atoms with van der Waals surface area (Å²) in [6.45, 7) is 5.27. The summed E-state index contributed by atoms with van der Waals surface area (Å²) >= 11 is 11.8. The zero-order chi connectivity index (χ0) is 14.0. The fourth-order valence-electron chi connectivity index (χ4n) is 2.83. The first-order chi connectivity index (χ1) is 8.99. The van der Waals surface area contributed by atoms with Crippen molar-refractivity contribution in [1.29, 1.82) is 0 Å². The highest BCUT2D eigenvalue weighted by atomic mass is 35.5. The molecule has 0 radical (unpaired) electrons. The van der Waals surface area contributed by atoms with Gasteiger partial charge in [0.2, 0.25) is 0 Å².